The van der Waals surface area contributed by atoms with E-state index in [1.807, 2.05) is 10.9 Å². The molecule has 1 atom stereocenters. The zero-order valence-corrected chi connectivity index (χ0v) is 8.30. The van der Waals surface area contributed by atoms with E-state index in [-0.39, 0.29) is 0 Å². The van der Waals surface area contributed by atoms with Gasteiger partial charge in [0.2, 0.25) is 0 Å². The molecule has 1 aliphatic rings. The lowest BCUT2D eigenvalue weighted by Gasteiger charge is -2.23. The molecule has 3 nitrogen and oxygen atoms in total. The van der Waals surface area contributed by atoms with Crippen molar-refractivity contribution >= 4 is 11.6 Å². The van der Waals surface area contributed by atoms with Gasteiger partial charge in [0.1, 0.15) is 0 Å². The molecule has 0 saturated carbocycles. The lowest BCUT2D eigenvalue weighted by molar-refractivity contribution is 0.351. The van der Waals surface area contributed by atoms with Gasteiger partial charge in [-0.25, -0.2) is 0 Å². The van der Waals surface area contributed by atoms with E-state index in [0.717, 1.165) is 18.1 Å². The zero-order chi connectivity index (χ0) is 9.10. The third-order valence-corrected chi connectivity index (χ3v) is 2.62. The summed E-state index contributed by atoms with van der Waals surface area (Å²) in [6, 6.07) is 0.574. The smallest absolute Gasteiger partial charge is 0.0785 e. The van der Waals surface area contributed by atoms with Crippen LogP contribution < -0.4 is 5.32 Å². The Morgan fingerprint density at radius 1 is 1.62 bits per heavy atom. The summed E-state index contributed by atoms with van der Waals surface area (Å²) < 4.78 is 1.91. The van der Waals surface area contributed by atoms with Gasteiger partial charge in [0.25, 0.3) is 0 Å². The predicted molar refractivity (Wildman–Crippen MR) is 52.9 cm³/mol. The van der Waals surface area contributed by atoms with Gasteiger partial charge in [-0.15, -0.1) is 0 Å². The molecule has 2 heterocycles. The number of hydrogen-bond donors (Lipinski definition) is 1. The van der Waals surface area contributed by atoms with Crippen molar-refractivity contribution in [1.29, 1.82) is 0 Å². The minimum Gasteiger partial charge on any atom is -0.312 e. The highest BCUT2D eigenvalue weighted by molar-refractivity contribution is 6.30. The van der Waals surface area contributed by atoms with Gasteiger partial charge in [-0.3, -0.25) is 4.68 Å². The SMILES string of the molecule is Clc1cnn(CC2CCCCN2)c1. The Morgan fingerprint density at radius 3 is 3.15 bits per heavy atom. The second-order valence-corrected chi connectivity index (χ2v) is 3.96. The van der Waals surface area contributed by atoms with Crippen molar-refractivity contribution in [2.75, 3.05) is 6.54 Å². The molecule has 2 rings (SSSR count). The first-order valence-corrected chi connectivity index (χ1v) is 5.14. The Kier molecular flexibility index (Phi) is 2.86. The van der Waals surface area contributed by atoms with Gasteiger partial charge in [-0.2, -0.15) is 5.10 Å². The van der Waals surface area contributed by atoms with Crippen molar-refractivity contribution in [2.24, 2.45) is 0 Å². The van der Waals surface area contributed by atoms with Crippen molar-refractivity contribution in [3.8, 4) is 0 Å². The van der Waals surface area contributed by atoms with Crippen LogP contribution in [0.15, 0.2) is 12.4 Å². The second-order valence-electron chi connectivity index (χ2n) is 3.53. The number of rotatable bonds is 2. The van der Waals surface area contributed by atoms with Gasteiger partial charge < -0.3 is 5.32 Å². The first-order valence-electron chi connectivity index (χ1n) is 4.76. The Morgan fingerprint density at radius 2 is 2.54 bits per heavy atom. The minimum absolute atomic E-state index is 0.574. The van der Waals surface area contributed by atoms with Gasteiger partial charge in [0.15, 0.2) is 0 Å². The third-order valence-electron chi connectivity index (χ3n) is 2.42. The fourth-order valence-electron chi connectivity index (χ4n) is 1.74. The molecule has 0 aliphatic carbocycles. The standard InChI is InChI=1S/C9H14ClN3/c10-8-5-12-13(6-8)7-9-3-1-2-4-11-9/h5-6,9,11H,1-4,7H2. The van der Waals surface area contributed by atoms with E-state index in [2.05, 4.69) is 10.4 Å². The fraction of sp³-hybridized carbons (Fsp3) is 0.667. The van der Waals surface area contributed by atoms with Crippen molar-refractivity contribution in [3.63, 3.8) is 0 Å². The van der Waals surface area contributed by atoms with Gasteiger partial charge >= 0.3 is 0 Å². The fourth-order valence-corrected chi connectivity index (χ4v) is 1.90. The zero-order valence-electron chi connectivity index (χ0n) is 7.54. The van der Waals surface area contributed by atoms with Crippen LogP contribution in [0.25, 0.3) is 0 Å². The minimum atomic E-state index is 0.574. The normalized spacial score (nSPS) is 23.3. The summed E-state index contributed by atoms with van der Waals surface area (Å²) in [5.41, 5.74) is 0. The maximum absolute atomic E-state index is 5.77. The lowest BCUT2D eigenvalue weighted by atomic mass is 10.1. The molecule has 13 heavy (non-hydrogen) atoms. The molecule has 0 aromatic carbocycles. The number of hydrogen-bond acceptors (Lipinski definition) is 2. The highest BCUT2D eigenvalue weighted by Crippen LogP contribution is 2.10. The third kappa shape index (κ3) is 2.45. The van der Waals surface area contributed by atoms with Crippen LogP contribution in [0.2, 0.25) is 5.02 Å². The van der Waals surface area contributed by atoms with E-state index < -0.39 is 0 Å². The molecular formula is C9H14ClN3. The van der Waals surface area contributed by atoms with Crippen molar-refractivity contribution in [1.82, 2.24) is 15.1 Å². The Bertz CT molecular complexity index is 266. The first-order chi connectivity index (χ1) is 6.34. The Balaban J connectivity index is 1.89. The molecule has 72 valence electrons. The van der Waals surface area contributed by atoms with Crippen LogP contribution in [0.5, 0.6) is 0 Å². The number of nitrogens with zero attached hydrogens (tertiary/aromatic N) is 2. The topological polar surface area (TPSA) is 29.9 Å². The predicted octanol–water partition coefficient (Wildman–Crippen LogP) is 1.68. The Hall–Kier alpha value is -0.540. The number of nitrogens with one attached hydrogen (secondary N) is 1. The first kappa shape index (κ1) is 9.03. The largest absolute Gasteiger partial charge is 0.312 e. The van der Waals surface area contributed by atoms with Crippen LogP contribution in [-0.4, -0.2) is 22.4 Å². The molecule has 1 aromatic rings. The molecule has 0 bridgehead atoms. The van der Waals surface area contributed by atoms with Gasteiger partial charge in [-0.05, 0) is 19.4 Å². The van der Waals surface area contributed by atoms with E-state index in [0.29, 0.717) is 6.04 Å². The summed E-state index contributed by atoms with van der Waals surface area (Å²) in [5, 5.41) is 8.35. The molecule has 1 aromatic heterocycles. The molecule has 1 aliphatic heterocycles. The van der Waals surface area contributed by atoms with Crippen LogP contribution in [0.4, 0.5) is 0 Å². The quantitative estimate of drug-likeness (QED) is 0.786. The number of aromatic nitrogens is 2. The van der Waals surface area contributed by atoms with Crippen LogP contribution in [0.3, 0.4) is 0 Å². The van der Waals surface area contributed by atoms with Crippen molar-refractivity contribution in [3.05, 3.63) is 17.4 Å². The highest BCUT2D eigenvalue weighted by Gasteiger charge is 2.12. The lowest BCUT2D eigenvalue weighted by Crippen LogP contribution is -2.37. The molecule has 1 saturated heterocycles. The molecule has 1 unspecified atom stereocenters. The van der Waals surface area contributed by atoms with E-state index in [1.165, 1.54) is 19.3 Å². The van der Waals surface area contributed by atoms with E-state index in [9.17, 15) is 0 Å². The van der Waals surface area contributed by atoms with E-state index in [1.54, 1.807) is 6.20 Å². The molecule has 4 heteroatoms. The summed E-state index contributed by atoms with van der Waals surface area (Å²) in [7, 11) is 0. The summed E-state index contributed by atoms with van der Waals surface area (Å²) >= 11 is 5.77. The summed E-state index contributed by atoms with van der Waals surface area (Å²) in [6.45, 7) is 2.08. The summed E-state index contributed by atoms with van der Waals surface area (Å²) in [4.78, 5) is 0. The molecule has 0 amide bonds. The van der Waals surface area contributed by atoms with Gasteiger partial charge in [-0.1, -0.05) is 18.0 Å². The van der Waals surface area contributed by atoms with Crippen molar-refractivity contribution < 1.29 is 0 Å². The van der Waals surface area contributed by atoms with Crippen LogP contribution in [0.1, 0.15) is 19.3 Å². The molecule has 1 N–H and O–H groups in total. The average Bonchev–Trinajstić information content (AvgIpc) is 2.53. The highest BCUT2D eigenvalue weighted by atomic mass is 35.5. The van der Waals surface area contributed by atoms with Crippen LogP contribution in [0, 0.1) is 0 Å². The monoisotopic (exact) mass is 199 g/mol. The number of halogens is 1. The van der Waals surface area contributed by atoms with Crippen LogP contribution >= 0.6 is 11.6 Å². The Labute approximate surface area is 83.1 Å². The summed E-state index contributed by atoms with van der Waals surface area (Å²) in [6.07, 6.45) is 7.43. The van der Waals surface area contributed by atoms with E-state index >= 15 is 0 Å². The second kappa shape index (κ2) is 4.11. The molecular weight excluding hydrogens is 186 g/mol. The maximum Gasteiger partial charge on any atom is 0.0785 e. The van der Waals surface area contributed by atoms with Gasteiger partial charge in [0.05, 0.1) is 17.8 Å². The molecule has 0 radical (unpaired) electrons. The van der Waals surface area contributed by atoms with Gasteiger partial charge in [0, 0.05) is 12.2 Å². The average molecular weight is 200 g/mol. The van der Waals surface area contributed by atoms with Crippen molar-refractivity contribution in [2.45, 2.75) is 31.8 Å². The maximum atomic E-state index is 5.77. The van der Waals surface area contributed by atoms with Crippen LogP contribution in [-0.2, 0) is 6.54 Å². The van der Waals surface area contributed by atoms with E-state index in [4.69, 9.17) is 11.6 Å². The molecule has 0 spiro atoms. The molecule has 1 fully saturated rings. The number of piperidine rings is 1. The summed E-state index contributed by atoms with van der Waals surface area (Å²) in [5.74, 6) is 0.